The fraction of sp³-hybridized carbons (Fsp3) is 0.550. The third kappa shape index (κ3) is 9.30. The molecule has 0 spiro atoms. The molecule has 1 saturated carbocycles. The highest BCUT2D eigenvalue weighted by molar-refractivity contribution is 7.80. The van der Waals surface area contributed by atoms with Gasteiger partial charge in [0, 0.05) is 64.2 Å². The number of rotatable bonds is 11. The van der Waals surface area contributed by atoms with E-state index in [4.69, 9.17) is 22.2 Å². The average Bonchev–Trinajstić information content (AvgIpc) is 3.64. The van der Waals surface area contributed by atoms with Crippen LogP contribution >= 0.6 is 12.2 Å². The summed E-state index contributed by atoms with van der Waals surface area (Å²) in [5.74, 6) is -1.31. The molecule has 3 saturated heterocycles. The Balaban J connectivity index is 0.886. The van der Waals surface area contributed by atoms with Crippen molar-refractivity contribution in [2.75, 3.05) is 61.0 Å². The summed E-state index contributed by atoms with van der Waals surface area (Å²) in [6.45, 7) is 3.48. The van der Waals surface area contributed by atoms with Crippen molar-refractivity contribution in [3.63, 3.8) is 0 Å². The highest BCUT2D eigenvalue weighted by atomic mass is 32.1. The summed E-state index contributed by atoms with van der Waals surface area (Å²) in [7, 11) is 1.61. The van der Waals surface area contributed by atoms with Crippen molar-refractivity contribution >= 4 is 69.2 Å². The Hall–Kier alpha value is -5.44. The van der Waals surface area contributed by atoms with Gasteiger partial charge < -0.3 is 19.9 Å². The number of thiocarbonyl (C=S) groups is 1. The van der Waals surface area contributed by atoms with Gasteiger partial charge in [-0.25, -0.2) is 9.78 Å². The van der Waals surface area contributed by atoms with E-state index in [-0.39, 0.29) is 54.8 Å². The number of alkyl halides is 6. The molecule has 16 nitrogen and oxygen atoms in total. The smallest absolute Gasteiger partial charge is 0.378 e. The first kappa shape index (κ1) is 45.6. The summed E-state index contributed by atoms with van der Waals surface area (Å²) in [4.78, 5) is 61.6. The molecule has 3 aliphatic heterocycles. The molecule has 5 amide bonds. The summed E-state index contributed by atoms with van der Waals surface area (Å²) >= 11 is 5.66. The molecule has 2 aromatic heterocycles. The summed E-state index contributed by atoms with van der Waals surface area (Å²) in [5.41, 5.74) is -2.69. The van der Waals surface area contributed by atoms with Crippen LogP contribution < -0.4 is 20.4 Å². The number of amides is 5. The molecular formula is C40H45F6N11O5S. The molecule has 4 fully saturated rings. The number of halogens is 6. The zero-order valence-electron chi connectivity index (χ0n) is 34.6. The number of benzene rings is 1. The number of anilines is 3. The van der Waals surface area contributed by atoms with Gasteiger partial charge in [0.05, 0.1) is 41.3 Å². The van der Waals surface area contributed by atoms with Gasteiger partial charge in [-0.2, -0.15) is 36.7 Å². The average molecular weight is 906 g/mol. The van der Waals surface area contributed by atoms with E-state index in [0.717, 1.165) is 16.0 Å². The maximum atomic E-state index is 14.4. The van der Waals surface area contributed by atoms with E-state index < -0.39 is 65.5 Å². The molecule has 4 aliphatic rings. The minimum atomic E-state index is -4.87. The number of imide groups is 1. The zero-order valence-corrected chi connectivity index (χ0v) is 35.4. The van der Waals surface area contributed by atoms with Crippen LogP contribution in [0.5, 0.6) is 0 Å². The minimum absolute atomic E-state index is 0.00879. The number of nitrogens with zero attached hydrogens (tertiary/aromatic N) is 9. The normalized spacial score (nSPS) is 22.8. The Morgan fingerprint density at radius 2 is 1.81 bits per heavy atom. The van der Waals surface area contributed by atoms with E-state index in [9.17, 15) is 45.5 Å². The summed E-state index contributed by atoms with van der Waals surface area (Å²) in [6, 6.07) is 4.31. The van der Waals surface area contributed by atoms with Crippen LogP contribution in [0.1, 0.15) is 63.6 Å². The molecule has 0 unspecified atom stereocenters. The Morgan fingerprint density at radius 3 is 2.48 bits per heavy atom. The maximum Gasteiger partial charge on any atom is 0.419 e. The third-order valence-corrected chi connectivity index (χ3v) is 12.4. The molecule has 1 atom stereocenters. The number of urea groups is 1. The van der Waals surface area contributed by atoms with E-state index in [1.807, 2.05) is 0 Å². The van der Waals surface area contributed by atoms with E-state index in [1.54, 1.807) is 48.9 Å². The lowest BCUT2D eigenvalue weighted by Crippen LogP contribution is -2.60. The quantitative estimate of drug-likeness (QED) is 0.151. The second kappa shape index (κ2) is 17.6. The molecule has 3 aromatic rings. The summed E-state index contributed by atoms with van der Waals surface area (Å²) in [5, 5.41) is 19.1. The van der Waals surface area contributed by atoms with Crippen molar-refractivity contribution in [3.05, 3.63) is 41.7 Å². The number of fused-ring (bicyclic) bond motifs is 1. The van der Waals surface area contributed by atoms with Crippen molar-refractivity contribution in [3.8, 4) is 6.07 Å². The molecule has 1 aliphatic carbocycles. The Kier molecular flexibility index (Phi) is 12.7. The number of piperazine rings is 1. The predicted octanol–water partition coefficient (Wildman–Crippen LogP) is 4.92. The third-order valence-electron chi connectivity index (χ3n) is 12.0. The number of nitrogens with one attached hydrogen (secondary N) is 2. The number of aromatic nitrogens is 3. The molecule has 0 bridgehead atoms. The lowest BCUT2D eigenvalue weighted by Gasteiger charge is -2.42. The van der Waals surface area contributed by atoms with Gasteiger partial charge in [0.25, 0.3) is 5.91 Å². The molecule has 1 aromatic carbocycles. The fourth-order valence-corrected chi connectivity index (χ4v) is 9.44. The van der Waals surface area contributed by atoms with E-state index in [0.29, 0.717) is 74.5 Å². The second-order valence-electron chi connectivity index (χ2n) is 16.5. The number of ether oxygens (including phenoxy) is 1. The van der Waals surface area contributed by atoms with Crippen molar-refractivity contribution in [1.29, 1.82) is 5.26 Å². The van der Waals surface area contributed by atoms with Gasteiger partial charge in [-0.3, -0.25) is 39.1 Å². The molecule has 0 radical (unpaired) electrons. The minimum Gasteiger partial charge on any atom is -0.378 e. The first-order valence-corrected chi connectivity index (χ1v) is 20.8. The molecule has 338 valence electrons. The van der Waals surface area contributed by atoms with Crippen molar-refractivity contribution in [1.82, 2.24) is 34.8 Å². The fourth-order valence-electron chi connectivity index (χ4n) is 8.88. The predicted molar refractivity (Wildman–Crippen MR) is 219 cm³/mol. The number of hydrogen-bond donors (Lipinski definition) is 2. The molecule has 5 heterocycles. The number of nitriles is 1. The van der Waals surface area contributed by atoms with Crippen LogP contribution in [0.25, 0.3) is 10.9 Å². The van der Waals surface area contributed by atoms with Crippen molar-refractivity contribution in [2.45, 2.75) is 88.5 Å². The van der Waals surface area contributed by atoms with Crippen LogP contribution in [0.15, 0.2) is 30.5 Å². The molecule has 23 heteroatoms. The Morgan fingerprint density at radius 1 is 1.08 bits per heavy atom. The second-order valence-corrected chi connectivity index (χ2v) is 16.9. The lowest BCUT2D eigenvalue weighted by molar-refractivity contribution is -0.197. The molecule has 2 N–H and O–H groups in total. The number of pyridine rings is 1. The summed E-state index contributed by atoms with van der Waals surface area (Å²) < 4.78 is 91.9. The highest BCUT2D eigenvalue weighted by Gasteiger charge is 2.53. The van der Waals surface area contributed by atoms with E-state index in [1.165, 1.54) is 15.7 Å². The molecule has 7 rings (SSSR count). The monoisotopic (exact) mass is 905 g/mol. The highest BCUT2D eigenvalue weighted by Crippen LogP contribution is 2.40. The SMILES string of the molecule is Cn1nc(N2CCC(=O)NC2=O)c2cccc(NC(=O)CN3CCN(CCCO[C@H]4CC[C@H](N5C(=S)N(c6cnc(C#N)c(C(F)(F)F)c6)C(=O)C5(C)C)CC4)C[C@@H]3C(F)(F)F)c21. The van der Waals surface area contributed by atoms with Crippen LogP contribution in [-0.4, -0.2) is 134 Å². The van der Waals surface area contributed by atoms with Crippen LogP contribution in [0, 0.1) is 11.3 Å². The largest absolute Gasteiger partial charge is 0.419 e. The Bertz CT molecular complexity index is 2340. The van der Waals surface area contributed by atoms with E-state index >= 15 is 0 Å². The standard InChI is InChI=1S/C40H45F6N11O5S/c1-38(2)35(60)56(24-18-27(39(41,42)43)29(19-47)48-20-24)37(63)57(38)23-8-10-25(11-9-23)62-17-5-13-53-15-16-54(30(21-53)40(44,45)46)22-32(59)49-28-7-4-6-26-33(28)52(3)51-34(26)55-14-12-31(58)50-36(55)61/h4,6-7,18,20,23,25,30H,5,8-17,21-22H2,1-3H3,(H,49,59)(H,50,58,61)/t23-,25-,30-/m1/s1. The number of aryl methyl sites for hydroxylation is 1. The topological polar surface area (TPSA) is 172 Å². The van der Waals surface area contributed by atoms with Crippen LogP contribution in [0.4, 0.5) is 48.3 Å². The summed E-state index contributed by atoms with van der Waals surface area (Å²) in [6.07, 6.45) is -5.75. The van der Waals surface area contributed by atoms with Crippen LogP contribution in [0.2, 0.25) is 0 Å². The van der Waals surface area contributed by atoms with Crippen LogP contribution in [-0.2, 0) is 32.3 Å². The van der Waals surface area contributed by atoms with Gasteiger partial charge in [0.15, 0.2) is 16.6 Å². The van der Waals surface area contributed by atoms with Crippen molar-refractivity contribution in [2.24, 2.45) is 7.05 Å². The van der Waals surface area contributed by atoms with E-state index in [2.05, 4.69) is 20.7 Å². The first-order chi connectivity index (χ1) is 29.7. The number of carbonyl (C=O) groups is 4. The number of hydrogen-bond acceptors (Lipinski definition) is 11. The van der Waals surface area contributed by atoms with Gasteiger partial charge in [0.1, 0.15) is 17.6 Å². The van der Waals surface area contributed by atoms with Gasteiger partial charge in [0.2, 0.25) is 11.8 Å². The van der Waals surface area contributed by atoms with Gasteiger partial charge in [-0.05, 0) is 76.4 Å². The van der Waals surface area contributed by atoms with Crippen LogP contribution in [0.3, 0.4) is 0 Å². The molecule has 63 heavy (non-hydrogen) atoms. The number of carbonyl (C=O) groups excluding carboxylic acids is 4. The molecular weight excluding hydrogens is 861 g/mol. The number of para-hydroxylation sites is 1. The van der Waals surface area contributed by atoms with Crippen molar-refractivity contribution < 1.29 is 50.3 Å². The maximum absolute atomic E-state index is 14.4. The van der Waals surface area contributed by atoms with Gasteiger partial charge in [-0.1, -0.05) is 6.07 Å². The first-order valence-electron chi connectivity index (χ1n) is 20.4. The Labute approximate surface area is 363 Å². The van der Waals surface area contributed by atoms with Gasteiger partial charge in [-0.15, -0.1) is 0 Å². The zero-order chi connectivity index (χ0) is 45.6. The lowest BCUT2D eigenvalue weighted by atomic mass is 9.89. The van der Waals surface area contributed by atoms with Gasteiger partial charge >= 0.3 is 18.4 Å².